The third-order valence-electron chi connectivity index (χ3n) is 5.01. The van der Waals surface area contributed by atoms with Crippen molar-refractivity contribution in [3.8, 4) is 17.9 Å². The third-order valence-corrected chi connectivity index (χ3v) is 5.01. The lowest BCUT2D eigenvalue weighted by Gasteiger charge is -2.25. The first-order chi connectivity index (χ1) is 15.0. The molecule has 160 valence electrons. The maximum absolute atomic E-state index is 12.3. The van der Waals surface area contributed by atoms with E-state index >= 15 is 0 Å². The Balaban J connectivity index is 1.94. The average molecular weight is 418 g/mol. The number of rotatable bonds is 10. The Morgan fingerprint density at radius 2 is 1.68 bits per heavy atom. The van der Waals surface area contributed by atoms with Gasteiger partial charge in [0.05, 0.1) is 34.0 Å². The van der Waals surface area contributed by atoms with Gasteiger partial charge in [0.2, 0.25) is 0 Å². The summed E-state index contributed by atoms with van der Waals surface area (Å²) >= 11 is 0. The lowest BCUT2D eigenvalue weighted by Crippen LogP contribution is -2.30. The Bertz CT molecular complexity index is 1000. The highest BCUT2D eigenvalue weighted by molar-refractivity contribution is 5.76. The van der Waals surface area contributed by atoms with E-state index in [0.717, 1.165) is 19.3 Å². The first kappa shape index (κ1) is 23.6. The van der Waals surface area contributed by atoms with Gasteiger partial charge in [0.15, 0.2) is 0 Å². The molecule has 31 heavy (non-hydrogen) atoms. The zero-order valence-electron chi connectivity index (χ0n) is 18.1. The van der Waals surface area contributed by atoms with Gasteiger partial charge in [0, 0.05) is 0 Å². The van der Waals surface area contributed by atoms with E-state index in [-0.39, 0.29) is 19.2 Å². The van der Waals surface area contributed by atoms with Gasteiger partial charge in [-0.1, -0.05) is 20.3 Å². The molecule has 0 N–H and O–H groups in total. The zero-order chi connectivity index (χ0) is 22.7. The van der Waals surface area contributed by atoms with E-state index in [2.05, 4.69) is 16.3 Å². The van der Waals surface area contributed by atoms with Crippen molar-refractivity contribution in [1.82, 2.24) is 0 Å². The van der Waals surface area contributed by atoms with Crippen LogP contribution in [0.2, 0.25) is 0 Å². The largest absolute Gasteiger partial charge is 0.489 e. The van der Waals surface area contributed by atoms with Gasteiger partial charge in [-0.15, -0.1) is 0 Å². The second-order valence-electron chi connectivity index (χ2n) is 7.30. The Morgan fingerprint density at radius 3 is 2.29 bits per heavy atom. The van der Waals surface area contributed by atoms with Gasteiger partial charge in [-0.25, -0.2) is 0 Å². The minimum atomic E-state index is -0.478. The molecule has 1 atom stereocenters. The van der Waals surface area contributed by atoms with E-state index in [9.17, 15) is 10.1 Å². The minimum absolute atomic E-state index is 0.114. The molecule has 0 aliphatic rings. The summed E-state index contributed by atoms with van der Waals surface area (Å²) in [6.07, 6.45) is 2.41. The van der Waals surface area contributed by atoms with Crippen LogP contribution >= 0.6 is 0 Å². The predicted octanol–water partition coefficient (Wildman–Crippen LogP) is 5.98. The van der Waals surface area contributed by atoms with Crippen LogP contribution in [0.5, 0.6) is 5.75 Å². The van der Waals surface area contributed by atoms with Crippen LogP contribution in [0.1, 0.15) is 51.2 Å². The highest BCUT2D eigenvalue weighted by Gasteiger charge is 2.31. The molecule has 0 heterocycles. The van der Waals surface area contributed by atoms with E-state index in [1.807, 2.05) is 26.8 Å². The second-order valence-corrected chi connectivity index (χ2v) is 7.30. The minimum Gasteiger partial charge on any atom is -0.489 e. The van der Waals surface area contributed by atoms with Gasteiger partial charge in [0.25, 0.3) is 0 Å². The van der Waals surface area contributed by atoms with Gasteiger partial charge in [-0.2, -0.15) is 20.8 Å². The number of hydrogen-bond acceptors (Lipinski definition) is 7. The summed E-state index contributed by atoms with van der Waals surface area (Å²) in [5.41, 5.74) is 1.48. The maximum atomic E-state index is 12.3. The summed E-state index contributed by atoms with van der Waals surface area (Å²) in [6, 6.07) is 15.7. The van der Waals surface area contributed by atoms with Crippen LogP contribution in [0.4, 0.5) is 11.4 Å². The van der Waals surface area contributed by atoms with E-state index in [4.69, 9.17) is 14.7 Å². The van der Waals surface area contributed by atoms with Crippen LogP contribution in [0.15, 0.2) is 52.7 Å². The van der Waals surface area contributed by atoms with Crippen LogP contribution in [0.25, 0.3) is 0 Å². The lowest BCUT2D eigenvalue weighted by molar-refractivity contribution is -0.156. The van der Waals surface area contributed by atoms with Crippen molar-refractivity contribution in [2.24, 2.45) is 15.6 Å². The fourth-order valence-electron chi connectivity index (χ4n) is 2.95. The third kappa shape index (κ3) is 6.65. The number of hydrogen-bond donors (Lipinski definition) is 0. The summed E-state index contributed by atoms with van der Waals surface area (Å²) in [4.78, 5) is 12.3. The van der Waals surface area contributed by atoms with Gasteiger partial charge in [-0.05, 0) is 62.2 Å². The van der Waals surface area contributed by atoms with Crippen molar-refractivity contribution < 1.29 is 14.3 Å². The van der Waals surface area contributed by atoms with E-state index in [1.54, 1.807) is 42.5 Å². The number of carbonyl (C=O) groups excluding carboxylic acids is 1. The molecule has 0 aliphatic heterocycles. The van der Waals surface area contributed by atoms with Crippen LogP contribution in [-0.4, -0.2) is 19.2 Å². The van der Waals surface area contributed by atoms with Crippen LogP contribution in [0, 0.1) is 28.1 Å². The van der Waals surface area contributed by atoms with Crippen LogP contribution in [-0.2, 0) is 9.53 Å². The monoisotopic (exact) mass is 418 g/mol. The normalized spacial score (nSPS) is 12.5. The summed E-state index contributed by atoms with van der Waals surface area (Å²) in [6.45, 7) is 6.20. The molecular formula is C24H26N4O3. The van der Waals surface area contributed by atoms with Gasteiger partial charge in [0.1, 0.15) is 25.0 Å². The number of nitriles is 2. The fraction of sp³-hybridized carbons (Fsp3) is 0.375. The molecule has 0 aliphatic carbocycles. The Labute approximate surface area is 182 Å². The van der Waals surface area contributed by atoms with Gasteiger partial charge < -0.3 is 9.47 Å². The highest BCUT2D eigenvalue weighted by atomic mass is 16.6. The fourth-order valence-corrected chi connectivity index (χ4v) is 2.95. The SMILES string of the molecule is CCCC(C)(CC)C(=O)OCCOc1ccc(N=Nc2ccc(C#N)cc2)cc1C#N. The highest BCUT2D eigenvalue weighted by Crippen LogP contribution is 2.29. The molecule has 1 unspecified atom stereocenters. The van der Waals surface area contributed by atoms with Crippen molar-refractivity contribution in [3.63, 3.8) is 0 Å². The number of benzene rings is 2. The topological polar surface area (TPSA) is 108 Å². The molecule has 2 rings (SSSR count). The van der Waals surface area contributed by atoms with Crippen molar-refractivity contribution in [3.05, 3.63) is 53.6 Å². The molecule has 7 heteroatoms. The molecule has 0 bridgehead atoms. The van der Waals surface area contributed by atoms with Crippen molar-refractivity contribution in [1.29, 1.82) is 10.5 Å². The quantitative estimate of drug-likeness (QED) is 0.268. The predicted molar refractivity (Wildman–Crippen MR) is 116 cm³/mol. The van der Waals surface area contributed by atoms with Crippen LogP contribution in [0.3, 0.4) is 0 Å². The molecule has 0 amide bonds. The Kier molecular flexibility index (Phi) is 8.72. The van der Waals surface area contributed by atoms with Gasteiger partial charge in [-0.3, -0.25) is 4.79 Å². The van der Waals surface area contributed by atoms with Crippen LogP contribution < -0.4 is 4.74 Å². The van der Waals surface area contributed by atoms with Crippen molar-refractivity contribution in [2.75, 3.05) is 13.2 Å². The van der Waals surface area contributed by atoms with E-state index in [0.29, 0.717) is 28.3 Å². The first-order valence-electron chi connectivity index (χ1n) is 10.2. The molecule has 0 spiro atoms. The standard InChI is InChI=1S/C24H26N4O3/c1-4-12-24(3,5-2)23(29)31-14-13-30-22-11-10-21(15-19(22)17-26)28-27-20-8-6-18(16-25)7-9-20/h6-11,15H,4-5,12-14H2,1-3H3. The molecule has 2 aromatic carbocycles. The molecule has 0 saturated carbocycles. The molecule has 0 fully saturated rings. The number of azo groups is 1. The summed E-state index contributed by atoms with van der Waals surface area (Å²) < 4.78 is 11.0. The molecular weight excluding hydrogens is 392 g/mol. The molecule has 7 nitrogen and oxygen atoms in total. The number of esters is 1. The average Bonchev–Trinajstić information content (AvgIpc) is 2.81. The first-order valence-corrected chi connectivity index (χ1v) is 10.2. The van der Waals surface area contributed by atoms with Crippen molar-refractivity contribution in [2.45, 2.75) is 40.0 Å². The summed E-state index contributed by atoms with van der Waals surface area (Å²) in [7, 11) is 0. The van der Waals surface area contributed by atoms with Gasteiger partial charge >= 0.3 is 5.97 Å². The second kappa shape index (κ2) is 11.5. The Hall–Kier alpha value is -3.71. The number of nitrogens with zero attached hydrogens (tertiary/aromatic N) is 4. The summed E-state index contributed by atoms with van der Waals surface area (Å²) in [5, 5.41) is 26.5. The number of ether oxygens (including phenoxy) is 2. The van der Waals surface area contributed by atoms with E-state index in [1.165, 1.54) is 0 Å². The molecule has 2 aromatic rings. The Morgan fingerprint density at radius 1 is 1.00 bits per heavy atom. The summed E-state index contributed by atoms with van der Waals surface area (Å²) in [5.74, 6) is 0.169. The van der Waals surface area contributed by atoms with Crippen molar-refractivity contribution >= 4 is 17.3 Å². The zero-order valence-corrected chi connectivity index (χ0v) is 18.1. The molecule has 0 saturated heterocycles. The van der Waals surface area contributed by atoms with E-state index < -0.39 is 5.41 Å². The maximum Gasteiger partial charge on any atom is 0.311 e. The molecule has 0 radical (unpaired) electrons. The molecule has 0 aromatic heterocycles. The number of carbonyl (C=O) groups is 1. The smallest absolute Gasteiger partial charge is 0.311 e. The lowest BCUT2D eigenvalue weighted by atomic mass is 9.83.